The molecule has 0 unspecified atom stereocenters. The minimum Gasteiger partial charge on any atom is -0.502 e. The highest BCUT2D eigenvalue weighted by Crippen LogP contribution is 2.44. The van der Waals surface area contributed by atoms with Gasteiger partial charge in [-0.1, -0.05) is 24.3 Å². The molecule has 13 heteroatoms. The molecule has 3 aromatic rings. The Morgan fingerprint density at radius 3 is 2.57 bits per heavy atom. The average molecular weight is 556 g/mol. The van der Waals surface area contributed by atoms with Gasteiger partial charge in [-0.05, 0) is 35.0 Å². The van der Waals surface area contributed by atoms with Gasteiger partial charge >= 0.3 is 5.51 Å². The zero-order valence-corrected chi connectivity index (χ0v) is 20.5. The molecule has 0 bridgehead atoms. The highest BCUT2D eigenvalue weighted by Gasteiger charge is 2.39. The molecule has 1 atom stereocenters. The van der Waals surface area contributed by atoms with E-state index >= 15 is 0 Å². The van der Waals surface area contributed by atoms with Gasteiger partial charge < -0.3 is 10.0 Å². The third-order valence-corrected chi connectivity index (χ3v) is 8.00. The van der Waals surface area contributed by atoms with E-state index in [1.807, 2.05) is 6.07 Å². The molecule has 194 valence electrons. The fraction of sp³-hybridized carbons (Fsp3) is 0.250. The third kappa shape index (κ3) is 4.65. The maximum atomic E-state index is 15.0. The topological polar surface area (TPSA) is 65.8 Å². The summed E-state index contributed by atoms with van der Waals surface area (Å²) in [5.41, 5.74) is -4.59. The predicted octanol–water partition coefficient (Wildman–Crippen LogP) is 4.83. The Balaban J connectivity index is 1.69. The van der Waals surface area contributed by atoms with Crippen molar-refractivity contribution in [2.24, 2.45) is 0 Å². The van der Waals surface area contributed by atoms with Gasteiger partial charge in [0.1, 0.15) is 6.67 Å². The van der Waals surface area contributed by atoms with E-state index in [1.54, 1.807) is 23.2 Å². The number of aromatic nitrogens is 1. The molecular weight excluding hydrogens is 537 g/mol. The minimum absolute atomic E-state index is 0.106. The van der Waals surface area contributed by atoms with Crippen LogP contribution in [0.2, 0.25) is 0 Å². The smallest absolute Gasteiger partial charge is 0.441 e. The average Bonchev–Trinajstić information content (AvgIpc) is 3.01. The van der Waals surface area contributed by atoms with Gasteiger partial charge in [0.25, 0.3) is 5.91 Å². The van der Waals surface area contributed by atoms with Crippen LogP contribution in [-0.4, -0.2) is 45.1 Å². The van der Waals surface area contributed by atoms with Crippen LogP contribution in [0, 0.1) is 11.6 Å². The molecule has 0 spiro atoms. The van der Waals surface area contributed by atoms with Crippen molar-refractivity contribution in [3.63, 3.8) is 0 Å². The Morgan fingerprint density at radius 1 is 1.05 bits per heavy atom. The second kappa shape index (κ2) is 9.60. The number of nitrogens with zero attached hydrogens (tertiary/aromatic N) is 3. The normalized spacial score (nSPS) is 17.2. The first-order chi connectivity index (χ1) is 17.6. The van der Waals surface area contributed by atoms with Crippen LogP contribution in [-0.2, 0) is 5.75 Å². The number of hydrogen-bond donors (Lipinski definition) is 1. The number of fused-ring (bicyclic) bond motifs is 3. The Kier molecular flexibility index (Phi) is 6.61. The van der Waals surface area contributed by atoms with E-state index in [1.165, 1.54) is 28.7 Å². The van der Waals surface area contributed by atoms with Crippen LogP contribution < -0.4 is 10.4 Å². The van der Waals surface area contributed by atoms with E-state index in [9.17, 15) is 36.6 Å². The Hall–Kier alpha value is -3.19. The van der Waals surface area contributed by atoms with Gasteiger partial charge in [-0.15, -0.1) is 11.8 Å². The molecule has 37 heavy (non-hydrogen) atoms. The van der Waals surface area contributed by atoms with Gasteiger partial charge in [0, 0.05) is 40.8 Å². The number of alkyl halides is 3. The van der Waals surface area contributed by atoms with Crippen molar-refractivity contribution in [1.82, 2.24) is 9.58 Å². The molecule has 2 aliphatic heterocycles. The lowest BCUT2D eigenvalue weighted by atomic mass is 9.94. The first-order valence-electron chi connectivity index (χ1n) is 11.0. The quantitative estimate of drug-likeness (QED) is 0.466. The van der Waals surface area contributed by atoms with E-state index in [2.05, 4.69) is 0 Å². The monoisotopic (exact) mass is 555 g/mol. The van der Waals surface area contributed by atoms with Crippen molar-refractivity contribution in [3.8, 4) is 5.75 Å². The number of hydrogen-bond acceptors (Lipinski definition) is 6. The van der Waals surface area contributed by atoms with Crippen LogP contribution in [0.25, 0.3) is 0 Å². The number of aromatic hydroxyl groups is 1. The molecule has 0 fully saturated rings. The number of halogens is 5. The highest BCUT2D eigenvalue weighted by atomic mass is 32.2. The SMILES string of the molecule is O=C1c2c(O)c(=O)ccn2N([C@@H]2c3ccccc3SCc3c2ccc(F)c3F)CN1CCSC(F)(F)F. The summed E-state index contributed by atoms with van der Waals surface area (Å²) in [5.74, 6) is -4.08. The number of pyridine rings is 1. The second-order valence-corrected chi connectivity index (χ2v) is 10.5. The van der Waals surface area contributed by atoms with Crippen LogP contribution >= 0.6 is 23.5 Å². The lowest BCUT2D eigenvalue weighted by molar-refractivity contribution is -0.0329. The largest absolute Gasteiger partial charge is 0.502 e. The molecule has 6 nitrogen and oxygen atoms in total. The predicted molar refractivity (Wildman–Crippen MR) is 129 cm³/mol. The number of amides is 1. The summed E-state index contributed by atoms with van der Waals surface area (Å²) < 4.78 is 68.8. The summed E-state index contributed by atoms with van der Waals surface area (Å²) in [6, 6.07) is 9.79. The molecule has 1 N–H and O–H groups in total. The Bertz CT molecular complexity index is 1450. The summed E-state index contributed by atoms with van der Waals surface area (Å²) in [6.07, 6.45) is 1.28. The summed E-state index contributed by atoms with van der Waals surface area (Å²) in [4.78, 5) is 27.3. The van der Waals surface area contributed by atoms with Gasteiger partial charge in [0.15, 0.2) is 23.1 Å². The summed E-state index contributed by atoms with van der Waals surface area (Å²) in [7, 11) is 0. The maximum Gasteiger partial charge on any atom is 0.441 e. The van der Waals surface area contributed by atoms with E-state index in [0.717, 1.165) is 21.9 Å². The van der Waals surface area contributed by atoms with Crippen LogP contribution in [0.15, 0.2) is 58.4 Å². The first-order valence-corrected chi connectivity index (χ1v) is 12.9. The number of thioether (sulfide) groups is 2. The lowest BCUT2D eigenvalue weighted by Gasteiger charge is -2.44. The van der Waals surface area contributed by atoms with Gasteiger partial charge in [-0.2, -0.15) is 13.2 Å². The summed E-state index contributed by atoms with van der Waals surface area (Å²) >= 11 is 0.998. The van der Waals surface area contributed by atoms with Crippen molar-refractivity contribution in [2.45, 2.75) is 22.2 Å². The number of benzene rings is 2. The van der Waals surface area contributed by atoms with E-state index in [-0.39, 0.29) is 36.3 Å². The second-order valence-electron chi connectivity index (χ2n) is 8.32. The van der Waals surface area contributed by atoms with Gasteiger partial charge in [0.2, 0.25) is 5.43 Å². The van der Waals surface area contributed by atoms with Gasteiger partial charge in [0.05, 0.1) is 6.04 Å². The highest BCUT2D eigenvalue weighted by molar-refractivity contribution is 8.00. The van der Waals surface area contributed by atoms with Crippen molar-refractivity contribution >= 4 is 29.4 Å². The maximum absolute atomic E-state index is 15.0. The minimum atomic E-state index is -4.51. The molecule has 3 heterocycles. The van der Waals surface area contributed by atoms with Crippen molar-refractivity contribution < 1.29 is 31.9 Å². The molecule has 0 aliphatic carbocycles. The molecule has 0 saturated carbocycles. The van der Waals surface area contributed by atoms with E-state index in [0.29, 0.717) is 11.1 Å². The molecule has 2 aliphatic rings. The Labute approximate surface area is 215 Å². The van der Waals surface area contributed by atoms with Crippen LogP contribution in [0.4, 0.5) is 22.0 Å². The Morgan fingerprint density at radius 2 is 1.81 bits per heavy atom. The standard InChI is InChI=1S/C24H18F5N3O3S2/c25-16-6-5-13-15(19(16)26)11-36-18-4-2-1-3-14(18)20(13)32-12-30(9-10-37-24(27,28)29)23(35)21-22(34)17(33)7-8-31(21)32/h1-8,20,34H,9-12H2/t20-/m0/s1. The molecule has 0 saturated heterocycles. The molecular formula is C24H18F5N3O3S2. The number of carbonyl (C=O) groups excluding carboxylic acids is 1. The summed E-state index contributed by atoms with van der Waals surface area (Å²) in [6.45, 7) is -0.579. The van der Waals surface area contributed by atoms with Gasteiger partial charge in [-0.25, -0.2) is 8.78 Å². The van der Waals surface area contributed by atoms with Crippen molar-refractivity contribution in [1.29, 1.82) is 0 Å². The molecule has 2 aromatic carbocycles. The van der Waals surface area contributed by atoms with Crippen molar-refractivity contribution in [3.05, 3.63) is 92.9 Å². The molecule has 0 radical (unpaired) electrons. The molecule has 1 aromatic heterocycles. The third-order valence-electron chi connectivity index (χ3n) is 6.17. The van der Waals surface area contributed by atoms with E-state index in [4.69, 9.17) is 0 Å². The molecule has 5 rings (SSSR count). The number of carbonyl (C=O) groups is 1. The van der Waals surface area contributed by atoms with E-state index < -0.39 is 51.7 Å². The zero-order valence-electron chi connectivity index (χ0n) is 18.8. The fourth-order valence-corrected chi connectivity index (χ4v) is 6.18. The zero-order chi connectivity index (χ0) is 26.5. The van der Waals surface area contributed by atoms with Crippen molar-refractivity contribution in [2.75, 3.05) is 24.0 Å². The number of rotatable bonds is 4. The first kappa shape index (κ1) is 25.5. The summed E-state index contributed by atoms with van der Waals surface area (Å²) in [5, 5.41) is 12.1. The lowest BCUT2D eigenvalue weighted by Crippen LogP contribution is -2.56. The van der Waals surface area contributed by atoms with Crippen LogP contribution in [0.5, 0.6) is 5.75 Å². The van der Waals surface area contributed by atoms with Crippen LogP contribution in [0.3, 0.4) is 0 Å². The fourth-order valence-electron chi connectivity index (χ4n) is 4.52. The molecule has 1 amide bonds. The van der Waals surface area contributed by atoms with Gasteiger partial charge in [-0.3, -0.25) is 19.3 Å². The van der Waals surface area contributed by atoms with Crippen LogP contribution in [0.1, 0.15) is 33.2 Å².